The second kappa shape index (κ2) is 4.25. The number of rotatable bonds is 3. The minimum Gasteiger partial charge on any atom is -0.394 e. The summed E-state index contributed by atoms with van der Waals surface area (Å²) < 4.78 is 5.30. The quantitative estimate of drug-likeness (QED) is 0.762. The van der Waals surface area contributed by atoms with E-state index in [0.717, 1.165) is 12.8 Å². The summed E-state index contributed by atoms with van der Waals surface area (Å²) >= 11 is 0. The molecule has 4 nitrogen and oxygen atoms in total. The van der Waals surface area contributed by atoms with Gasteiger partial charge in [0.05, 0.1) is 12.1 Å². The molecule has 3 fully saturated rings. The Balaban J connectivity index is 1.59. The number of aliphatic hydroxyl groups excluding tert-OH is 1. The zero-order valence-corrected chi connectivity index (χ0v) is 10.2. The van der Waals surface area contributed by atoms with Crippen LogP contribution in [-0.4, -0.2) is 36.4 Å². The number of nitrogens with one attached hydrogen (secondary N) is 1. The Morgan fingerprint density at radius 3 is 2.53 bits per heavy atom. The molecule has 0 spiro atoms. The zero-order valence-electron chi connectivity index (χ0n) is 10.2. The molecule has 96 valence electrons. The zero-order chi connectivity index (χ0) is 11.9. The lowest BCUT2D eigenvalue weighted by Crippen LogP contribution is -2.55. The molecule has 2 aliphatic carbocycles. The highest BCUT2D eigenvalue weighted by atomic mass is 16.5. The Hall–Kier alpha value is -0.610. The number of ether oxygens (including phenoxy) is 1. The second-order valence-electron chi connectivity index (χ2n) is 5.82. The summed E-state index contributed by atoms with van der Waals surface area (Å²) in [5.74, 6) is 1.71. The summed E-state index contributed by atoms with van der Waals surface area (Å²) in [6, 6.07) is 0. The van der Waals surface area contributed by atoms with Gasteiger partial charge in [0.15, 0.2) is 0 Å². The smallest absolute Gasteiger partial charge is 0.224 e. The van der Waals surface area contributed by atoms with Gasteiger partial charge in [0.25, 0.3) is 0 Å². The maximum Gasteiger partial charge on any atom is 0.224 e. The molecule has 2 unspecified atom stereocenters. The Bertz CT molecular complexity index is 302. The van der Waals surface area contributed by atoms with E-state index in [4.69, 9.17) is 4.74 Å². The molecule has 3 aliphatic rings. The fourth-order valence-corrected chi connectivity index (χ4v) is 3.64. The van der Waals surface area contributed by atoms with Gasteiger partial charge in [-0.1, -0.05) is 6.42 Å². The van der Waals surface area contributed by atoms with E-state index in [0.29, 0.717) is 25.0 Å². The van der Waals surface area contributed by atoms with Crippen molar-refractivity contribution in [3.8, 4) is 0 Å². The van der Waals surface area contributed by atoms with Gasteiger partial charge < -0.3 is 15.2 Å². The molecular formula is C13H21NO3. The van der Waals surface area contributed by atoms with Crippen LogP contribution in [0.4, 0.5) is 0 Å². The number of amides is 1. The Labute approximate surface area is 102 Å². The molecule has 3 rings (SSSR count). The molecule has 2 atom stereocenters. The fraction of sp³-hybridized carbons (Fsp3) is 0.923. The van der Waals surface area contributed by atoms with Gasteiger partial charge in [0.2, 0.25) is 5.91 Å². The monoisotopic (exact) mass is 239 g/mol. The molecule has 0 aromatic carbocycles. The highest BCUT2D eigenvalue weighted by Gasteiger charge is 2.57. The van der Waals surface area contributed by atoms with E-state index < -0.39 is 5.54 Å². The molecule has 1 saturated heterocycles. The summed E-state index contributed by atoms with van der Waals surface area (Å²) in [5.41, 5.74) is -0.410. The molecule has 1 amide bonds. The molecule has 17 heavy (non-hydrogen) atoms. The van der Waals surface area contributed by atoms with E-state index in [1.165, 1.54) is 19.3 Å². The highest BCUT2D eigenvalue weighted by molar-refractivity contribution is 5.83. The molecule has 0 radical (unpaired) electrons. The van der Waals surface area contributed by atoms with Gasteiger partial charge in [-0.25, -0.2) is 0 Å². The van der Waals surface area contributed by atoms with Crippen LogP contribution in [0.5, 0.6) is 0 Å². The average molecular weight is 239 g/mol. The lowest BCUT2D eigenvalue weighted by atomic mass is 9.90. The first-order chi connectivity index (χ1) is 8.26. The van der Waals surface area contributed by atoms with Crippen LogP contribution < -0.4 is 5.32 Å². The molecule has 1 aliphatic heterocycles. The van der Waals surface area contributed by atoms with Crippen LogP contribution in [-0.2, 0) is 9.53 Å². The van der Waals surface area contributed by atoms with E-state index in [9.17, 15) is 9.90 Å². The Morgan fingerprint density at radius 2 is 1.94 bits per heavy atom. The van der Waals surface area contributed by atoms with Crippen molar-refractivity contribution in [2.24, 2.45) is 17.8 Å². The van der Waals surface area contributed by atoms with Gasteiger partial charge >= 0.3 is 0 Å². The minimum absolute atomic E-state index is 0.0319. The number of carbonyl (C=O) groups is 1. The largest absolute Gasteiger partial charge is 0.394 e. The molecular weight excluding hydrogens is 218 g/mol. The molecule has 2 saturated carbocycles. The van der Waals surface area contributed by atoms with Crippen molar-refractivity contribution in [2.45, 2.75) is 37.6 Å². The molecule has 1 heterocycles. The SMILES string of the molecule is O=C(NC1(CO)CCOCC1)C1C2CCCC21. The van der Waals surface area contributed by atoms with Crippen LogP contribution in [0.15, 0.2) is 0 Å². The summed E-state index contributed by atoms with van der Waals surface area (Å²) in [5, 5.41) is 12.6. The Morgan fingerprint density at radius 1 is 1.29 bits per heavy atom. The van der Waals surface area contributed by atoms with Crippen molar-refractivity contribution in [2.75, 3.05) is 19.8 Å². The third kappa shape index (κ3) is 1.97. The van der Waals surface area contributed by atoms with Crippen LogP contribution in [0, 0.1) is 17.8 Å². The van der Waals surface area contributed by atoms with Crippen LogP contribution in [0.2, 0.25) is 0 Å². The summed E-state index contributed by atoms with van der Waals surface area (Å²) in [6.07, 6.45) is 5.20. The molecule has 4 heteroatoms. The topological polar surface area (TPSA) is 58.6 Å². The standard InChI is InChI=1S/C13H21NO3/c15-8-13(4-6-17-7-5-13)14-12(16)11-9-2-1-3-10(9)11/h9-11,15H,1-8H2,(H,14,16). The van der Waals surface area contributed by atoms with Crippen LogP contribution in [0.1, 0.15) is 32.1 Å². The predicted molar refractivity (Wildman–Crippen MR) is 62.3 cm³/mol. The van der Waals surface area contributed by atoms with Crippen LogP contribution in [0.25, 0.3) is 0 Å². The van der Waals surface area contributed by atoms with Crippen molar-refractivity contribution in [3.63, 3.8) is 0 Å². The summed E-state index contributed by atoms with van der Waals surface area (Å²) in [4.78, 5) is 12.2. The van der Waals surface area contributed by atoms with E-state index in [2.05, 4.69) is 5.32 Å². The molecule has 2 N–H and O–H groups in total. The minimum atomic E-state index is -0.410. The van der Waals surface area contributed by atoms with E-state index >= 15 is 0 Å². The average Bonchev–Trinajstić information content (AvgIpc) is 2.85. The van der Waals surface area contributed by atoms with Gasteiger partial charge in [0.1, 0.15) is 0 Å². The van der Waals surface area contributed by atoms with Crippen molar-refractivity contribution in [3.05, 3.63) is 0 Å². The highest BCUT2D eigenvalue weighted by Crippen LogP contribution is 2.57. The maximum atomic E-state index is 12.2. The van der Waals surface area contributed by atoms with Crippen molar-refractivity contribution in [1.29, 1.82) is 0 Å². The third-order valence-electron chi connectivity index (χ3n) is 4.85. The van der Waals surface area contributed by atoms with Crippen molar-refractivity contribution < 1.29 is 14.6 Å². The normalized spacial score (nSPS) is 38.5. The first-order valence-electron chi connectivity index (χ1n) is 6.76. The Kier molecular flexibility index (Phi) is 2.87. The lowest BCUT2D eigenvalue weighted by molar-refractivity contribution is -0.127. The number of carbonyl (C=O) groups excluding carboxylic acids is 1. The number of hydrogen-bond acceptors (Lipinski definition) is 3. The summed E-state index contributed by atoms with van der Waals surface area (Å²) in [6.45, 7) is 1.31. The third-order valence-corrected chi connectivity index (χ3v) is 4.85. The second-order valence-corrected chi connectivity index (χ2v) is 5.82. The van der Waals surface area contributed by atoms with Crippen LogP contribution in [0.3, 0.4) is 0 Å². The van der Waals surface area contributed by atoms with Gasteiger partial charge in [-0.2, -0.15) is 0 Å². The van der Waals surface area contributed by atoms with E-state index in [1.54, 1.807) is 0 Å². The van der Waals surface area contributed by atoms with Crippen molar-refractivity contribution in [1.82, 2.24) is 5.32 Å². The van der Waals surface area contributed by atoms with Crippen molar-refractivity contribution >= 4 is 5.91 Å². The molecule has 0 aromatic heterocycles. The van der Waals surface area contributed by atoms with E-state index in [1.807, 2.05) is 0 Å². The lowest BCUT2D eigenvalue weighted by Gasteiger charge is -2.36. The van der Waals surface area contributed by atoms with Gasteiger partial charge in [-0.15, -0.1) is 0 Å². The number of hydrogen-bond donors (Lipinski definition) is 2. The van der Waals surface area contributed by atoms with Gasteiger partial charge in [0, 0.05) is 19.1 Å². The summed E-state index contributed by atoms with van der Waals surface area (Å²) in [7, 11) is 0. The molecule has 0 aromatic rings. The van der Waals surface area contributed by atoms with Crippen LogP contribution >= 0.6 is 0 Å². The van der Waals surface area contributed by atoms with Gasteiger partial charge in [-0.05, 0) is 37.5 Å². The number of aliphatic hydroxyl groups is 1. The first kappa shape index (κ1) is 11.5. The van der Waals surface area contributed by atoms with Gasteiger partial charge in [-0.3, -0.25) is 4.79 Å². The molecule has 0 bridgehead atoms. The van der Waals surface area contributed by atoms with E-state index in [-0.39, 0.29) is 18.4 Å². The maximum absolute atomic E-state index is 12.2. The predicted octanol–water partition coefficient (Wildman–Crippen LogP) is 0.690. The first-order valence-corrected chi connectivity index (χ1v) is 6.76. The fourth-order valence-electron chi connectivity index (χ4n) is 3.64. The number of fused-ring (bicyclic) bond motifs is 1.